The lowest BCUT2D eigenvalue weighted by molar-refractivity contribution is 0.650. The summed E-state index contributed by atoms with van der Waals surface area (Å²) >= 11 is 6.06. The van der Waals surface area contributed by atoms with E-state index in [2.05, 4.69) is 33.5 Å². The number of nitrogens with zero attached hydrogens (tertiary/aromatic N) is 2. The van der Waals surface area contributed by atoms with Gasteiger partial charge in [-0.25, -0.2) is 0 Å². The van der Waals surface area contributed by atoms with Gasteiger partial charge in [0.2, 0.25) is 0 Å². The zero-order valence-corrected chi connectivity index (χ0v) is 13.0. The molecule has 0 aliphatic carbocycles. The number of halogens is 1. The quantitative estimate of drug-likeness (QED) is 0.662. The highest BCUT2D eigenvalue weighted by atomic mass is 35.5. The molecule has 2 rings (SSSR count). The summed E-state index contributed by atoms with van der Waals surface area (Å²) in [5.41, 5.74) is 1.19. The van der Waals surface area contributed by atoms with E-state index in [1.807, 2.05) is 25.1 Å². The average molecular weight is 295 g/mol. The number of hydrogen-bond donors (Lipinski definition) is 2. The van der Waals surface area contributed by atoms with E-state index in [0.29, 0.717) is 6.04 Å². The van der Waals surface area contributed by atoms with Gasteiger partial charge in [0.1, 0.15) is 0 Å². The van der Waals surface area contributed by atoms with E-state index < -0.39 is 0 Å². The van der Waals surface area contributed by atoms with Crippen LogP contribution in [0.3, 0.4) is 0 Å². The summed E-state index contributed by atoms with van der Waals surface area (Å²) in [6.07, 6.45) is 1.11. The summed E-state index contributed by atoms with van der Waals surface area (Å²) in [6, 6.07) is 8.47. The van der Waals surface area contributed by atoms with Crippen molar-refractivity contribution in [1.82, 2.24) is 10.6 Å². The second kappa shape index (κ2) is 7.39. The van der Waals surface area contributed by atoms with Crippen molar-refractivity contribution in [3.63, 3.8) is 0 Å². The Morgan fingerprint density at radius 1 is 1.45 bits per heavy atom. The zero-order valence-electron chi connectivity index (χ0n) is 12.2. The van der Waals surface area contributed by atoms with Gasteiger partial charge in [-0.2, -0.15) is 0 Å². The fourth-order valence-electron chi connectivity index (χ4n) is 2.46. The molecule has 0 aromatic heterocycles. The summed E-state index contributed by atoms with van der Waals surface area (Å²) in [7, 11) is 0. The summed E-state index contributed by atoms with van der Waals surface area (Å²) in [5, 5.41) is 7.56. The first-order valence-corrected chi connectivity index (χ1v) is 7.66. The second-order valence-electron chi connectivity index (χ2n) is 4.91. The van der Waals surface area contributed by atoms with Gasteiger partial charge in [0.15, 0.2) is 5.96 Å². The Hall–Kier alpha value is -1.42. The number of aliphatic imine (C=N–C) groups is 1. The molecule has 1 heterocycles. The van der Waals surface area contributed by atoms with Gasteiger partial charge in [0, 0.05) is 42.9 Å². The lowest BCUT2D eigenvalue weighted by Crippen LogP contribution is -2.44. The van der Waals surface area contributed by atoms with Crippen molar-refractivity contribution < 1.29 is 0 Å². The molecule has 1 aromatic carbocycles. The van der Waals surface area contributed by atoms with Crippen LogP contribution in [0.5, 0.6) is 0 Å². The Morgan fingerprint density at radius 2 is 2.30 bits per heavy atom. The van der Waals surface area contributed by atoms with Crippen molar-refractivity contribution in [1.29, 1.82) is 0 Å². The van der Waals surface area contributed by atoms with Crippen LogP contribution in [0.2, 0.25) is 5.02 Å². The molecule has 1 aromatic rings. The molecule has 0 spiro atoms. The predicted molar refractivity (Wildman–Crippen MR) is 86.9 cm³/mol. The Bertz CT molecular complexity index is 461. The van der Waals surface area contributed by atoms with E-state index in [1.165, 1.54) is 5.69 Å². The minimum atomic E-state index is 0.429. The van der Waals surface area contributed by atoms with Crippen LogP contribution < -0.4 is 15.5 Å². The molecule has 5 heteroatoms. The minimum Gasteiger partial charge on any atom is -0.369 e. The van der Waals surface area contributed by atoms with Gasteiger partial charge in [-0.15, -0.1) is 0 Å². The maximum Gasteiger partial charge on any atom is 0.191 e. The standard InChI is InChI=1S/C15H23ClN4/c1-3-17-15(18-4-2)19-13-8-9-20(11-13)14-7-5-6-12(16)10-14/h5-7,10,13H,3-4,8-9,11H2,1-2H3,(H2,17,18,19). The van der Waals surface area contributed by atoms with Crippen LogP contribution >= 0.6 is 11.6 Å². The highest BCUT2D eigenvalue weighted by Crippen LogP contribution is 2.23. The number of rotatable bonds is 4. The molecule has 110 valence electrons. The maximum absolute atomic E-state index is 6.06. The van der Waals surface area contributed by atoms with E-state index in [9.17, 15) is 0 Å². The highest BCUT2D eigenvalue weighted by Gasteiger charge is 2.23. The summed E-state index contributed by atoms with van der Waals surface area (Å²) < 4.78 is 0. The molecule has 1 unspecified atom stereocenters. The molecule has 0 amide bonds. The van der Waals surface area contributed by atoms with E-state index >= 15 is 0 Å². The number of guanidine groups is 1. The first kappa shape index (κ1) is 15.0. The van der Waals surface area contributed by atoms with Crippen LogP contribution in [0.4, 0.5) is 5.69 Å². The maximum atomic E-state index is 6.06. The van der Waals surface area contributed by atoms with Crippen molar-refractivity contribution in [2.45, 2.75) is 26.3 Å². The normalized spacial score (nSPS) is 19.2. The molecule has 1 aliphatic rings. The Morgan fingerprint density at radius 3 is 3.00 bits per heavy atom. The highest BCUT2D eigenvalue weighted by molar-refractivity contribution is 6.30. The monoisotopic (exact) mass is 294 g/mol. The molecule has 1 aliphatic heterocycles. The van der Waals surface area contributed by atoms with Crippen molar-refractivity contribution in [2.24, 2.45) is 4.99 Å². The Kier molecular flexibility index (Phi) is 5.53. The SMILES string of the molecule is CCN=C(NCC)NC1CCN(c2cccc(Cl)c2)C1. The lowest BCUT2D eigenvalue weighted by Gasteiger charge is -2.20. The summed E-state index contributed by atoms with van der Waals surface area (Å²) in [4.78, 5) is 6.80. The van der Waals surface area contributed by atoms with Crippen molar-refractivity contribution in [2.75, 3.05) is 31.1 Å². The van der Waals surface area contributed by atoms with Crippen LogP contribution in [0.25, 0.3) is 0 Å². The van der Waals surface area contributed by atoms with E-state index in [4.69, 9.17) is 11.6 Å². The predicted octanol–water partition coefficient (Wildman–Crippen LogP) is 2.49. The van der Waals surface area contributed by atoms with Gasteiger partial charge < -0.3 is 15.5 Å². The summed E-state index contributed by atoms with van der Waals surface area (Å²) in [5.74, 6) is 0.910. The fraction of sp³-hybridized carbons (Fsp3) is 0.533. The molecule has 1 saturated heterocycles. The van der Waals surface area contributed by atoms with Crippen molar-refractivity contribution >= 4 is 23.2 Å². The van der Waals surface area contributed by atoms with Crippen LogP contribution in [0.15, 0.2) is 29.3 Å². The molecule has 0 bridgehead atoms. The number of anilines is 1. The van der Waals surface area contributed by atoms with Crippen LogP contribution in [-0.2, 0) is 0 Å². The average Bonchev–Trinajstić information content (AvgIpc) is 2.88. The molecule has 1 atom stereocenters. The molecule has 4 nitrogen and oxygen atoms in total. The molecule has 20 heavy (non-hydrogen) atoms. The first-order valence-electron chi connectivity index (χ1n) is 7.28. The Balaban J connectivity index is 1.93. The third-order valence-corrected chi connectivity index (χ3v) is 3.60. The summed E-state index contributed by atoms with van der Waals surface area (Å²) in [6.45, 7) is 7.83. The van der Waals surface area contributed by atoms with E-state index in [0.717, 1.165) is 43.6 Å². The molecule has 0 saturated carbocycles. The smallest absolute Gasteiger partial charge is 0.191 e. The third kappa shape index (κ3) is 4.04. The molecule has 0 radical (unpaired) electrons. The van der Waals surface area contributed by atoms with Gasteiger partial charge in [-0.05, 0) is 38.5 Å². The van der Waals surface area contributed by atoms with Gasteiger partial charge in [0.25, 0.3) is 0 Å². The van der Waals surface area contributed by atoms with Crippen LogP contribution in [-0.4, -0.2) is 38.2 Å². The Labute approximate surface area is 126 Å². The van der Waals surface area contributed by atoms with Gasteiger partial charge in [0.05, 0.1) is 0 Å². The topological polar surface area (TPSA) is 39.7 Å². The first-order chi connectivity index (χ1) is 9.72. The largest absolute Gasteiger partial charge is 0.369 e. The van der Waals surface area contributed by atoms with Gasteiger partial charge in [-0.3, -0.25) is 4.99 Å². The van der Waals surface area contributed by atoms with E-state index in [1.54, 1.807) is 0 Å². The molecular formula is C15H23ClN4. The van der Waals surface area contributed by atoms with E-state index in [-0.39, 0.29) is 0 Å². The van der Waals surface area contributed by atoms with Crippen molar-refractivity contribution in [3.8, 4) is 0 Å². The molecular weight excluding hydrogens is 272 g/mol. The van der Waals surface area contributed by atoms with Crippen LogP contribution in [0, 0.1) is 0 Å². The minimum absolute atomic E-state index is 0.429. The number of nitrogens with one attached hydrogen (secondary N) is 2. The fourth-order valence-corrected chi connectivity index (χ4v) is 2.64. The zero-order chi connectivity index (χ0) is 14.4. The van der Waals surface area contributed by atoms with Crippen LogP contribution in [0.1, 0.15) is 20.3 Å². The third-order valence-electron chi connectivity index (χ3n) is 3.36. The molecule has 1 fully saturated rings. The second-order valence-corrected chi connectivity index (χ2v) is 5.35. The number of hydrogen-bond acceptors (Lipinski definition) is 2. The van der Waals surface area contributed by atoms with Gasteiger partial charge >= 0.3 is 0 Å². The van der Waals surface area contributed by atoms with Crippen molar-refractivity contribution in [3.05, 3.63) is 29.3 Å². The molecule has 2 N–H and O–H groups in total. The van der Waals surface area contributed by atoms with Gasteiger partial charge in [-0.1, -0.05) is 17.7 Å². The number of benzene rings is 1. The lowest BCUT2D eigenvalue weighted by atomic mass is 10.3.